The molecule has 0 aliphatic carbocycles. The molecule has 0 radical (unpaired) electrons. The Morgan fingerprint density at radius 1 is 0.577 bits per heavy atom. The number of allylic oxidation sites excluding steroid dienone is 2. The number of hydrogen-bond donors (Lipinski definition) is 0. The quantitative estimate of drug-likeness (QED) is 0.561. The molecular weight excluding hydrogens is 316 g/mol. The minimum Gasteiger partial charge on any atom is -0.264 e. The third kappa shape index (κ3) is 2.35. The van der Waals surface area contributed by atoms with Crippen molar-refractivity contribution < 1.29 is 0 Å². The highest BCUT2D eigenvalue weighted by molar-refractivity contribution is 5.97. The lowest BCUT2D eigenvalue weighted by Crippen LogP contribution is -2.34. The van der Waals surface area contributed by atoms with Crippen LogP contribution >= 0.6 is 0 Å². The number of anilines is 1. The number of benzene rings is 3. The number of rotatable bonds is 2. The van der Waals surface area contributed by atoms with Gasteiger partial charge in [-0.2, -0.15) is 0 Å². The summed E-state index contributed by atoms with van der Waals surface area (Å²) < 4.78 is 0. The van der Waals surface area contributed by atoms with E-state index in [-0.39, 0.29) is 0 Å². The van der Waals surface area contributed by atoms with E-state index in [1.807, 2.05) is 0 Å². The molecule has 0 amide bonds. The van der Waals surface area contributed by atoms with E-state index in [2.05, 4.69) is 120 Å². The molecule has 0 atom stereocenters. The molecule has 0 saturated carbocycles. The molecule has 3 aromatic rings. The van der Waals surface area contributed by atoms with Crippen molar-refractivity contribution >= 4 is 11.8 Å². The monoisotopic (exact) mass is 334 g/mol. The Morgan fingerprint density at radius 3 is 2.04 bits per heavy atom. The van der Waals surface area contributed by atoms with Gasteiger partial charge < -0.3 is 0 Å². The van der Waals surface area contributed by atoms with E-state index in [0.717, 1.165) is 0 Å². The molecule has 5 rings (SSSR count). The van der Waals surface area contributed by atoms with Crippen LogP contribution in [0.3, 0.4) is 0 Å². The van der Waals surface area contributed by atoms with Gasteiger partial charge in [0.05, 0.1) is 5.69 Å². The summed E-state index contributed by atoms with van der Waals surface area (Å²) in [6.45, 7) is 0. The van der Waals surface area contributed by atoms with Crippen LogP contribution in [-0.2, 0) is 0 Å². The predicted molar refractivity (Wildman–Crippen MR) is 109 cm³/mol. The van der Waals surface area contributed by atoms with Crippen LogP contribution in [0.15, 0.2) is 104 Å². The number of hydrogen-bond acceptors (Lipinski definition) is 2. The van der Waals surface area contributed by atoms with Crippen molar-refractivity contribution in [3.63, 3.8) is 0 Å². The maximum Gasteiger partial charge on any atom is 0.0786 e. The van der Waals surface area contributed by atoms with Crippen LogP contribution in [0.25, 0.3) is 28.3 Å². The molecule has 2 aliphatic rings. The van der Waals surface area contributed by atoms with Crippen LogP contribution < -0.4 is 5.01 Å². The Bertz CT molecular complexity index is 1030. The van der Waals surface area contributed by atoms with Gasteiger partial charge in [-0.15, -0.1) is 0 Å². The van der Waals surface area contributed by atoms with Crippen molar-refractivity contribution in [3.05, 3.63) is 109 Å². The molecule has 2 heterocycles. The zero-order valence-corrected chi connectivity index (χ0v) is 14.3. The van der Waals surface area contributed by atoms with Gasteiger partial charge in [0.25, 0.3) is 0 Å². The van der Waals surface area contributed by atoms with Crippen LogP contribution in [0.1, 0.15) is 5.56 Å². The SMILES string of the molecule is C1=CN2C=Cc3ccc(-c4ccccc4)c(-c4ccccc4)c3N2C=C1. The molecule has 2 nitrogen and oxygen atoms in total. The van der Waals surface area contributed by atoms with E-state index in [4.69, 9.17) is 0 Å². The molecule has 0 spiro atoms. The van der Waals surface area contributed by atoms with Gasteiger partial charge >= 0.3 is 0 Å². The molecular formula is C24H18N2. The lowest BCUT2D eigenvalue weighted by atomic mass is 9.90. The van der Waals surface area contributed by atoms with Crippen LogP contribution in [0.5, 0.6) is 0 Å². The summed E-state index contributed by atoms with van der Waals surface area (Å²) in [6.07, 6.45) is 12.6. The summed E-state index contributed by atoms with van der Waals surface area (Å²) in [7, 11) is 0. The molecule has 2 heteroatoms. The molecule has 3 aromatic carbocycles. The lowest BCUT2D eigenvalue weighted by Gasteiger charge is -2.38. The third-order valence-electron chi connectivity index (χ3n) is 4.82. The third-order valence-corrected chi connectivity index (χ3v) is 4.82. The number of fused-ring (bicyclic) bond motifs is 3. The van der Waals surface area contributed by atoms with Crippen molar-refractivity contribution in [3.8, 4) is 22.3 Å². The molecule has 0 N–H and O–H groups in total. The maximum absolute atomic E-state index is 2.24. The normalized spacial score (nSPS) is 14.3. The average Bonchev–Trinajstić information content (AvgIpc) is 2.74. The van der Waals surface area contributed by atoms with Gasteiger partial charge in [-0.05, 0) is 34.9 Å². The molecule has 0 aromatic heterocycles. The molecule has 0 bridgehead atoms. The highest BCUT2D eigenvalue weighted by atomic mass is 15.6. The van der Waals surface area contributed by atoms with Crippen LogP contribution in [0.2, 0.25) is 0 Å². The van der Waals surface area contributed by atoms with E-state index >= 15 is 0 Å². The summed E-state index contributed by atoms with van der Waals surface area (Å²) in [6, 6.07) is 25.7. The Morgan fingerprint density at radius 2 is 1.27 bits per heavy atom. The van der Waals surface area contributed by atoms with Crippen LogP contribution in [0.4, 0.5) is 5.69 Å². The molecule has 0 unspecified atom stereocenters. The van der Waals surface area contributed by atoms with Gasteiger partial charge in [0.1, 0.15) is 0 Å². The van der Waals surface area contributed by atoms with E-state index in [1.54, 1.807) is 0 Å². The van der Waals surface area contributed by atoms with Gasteiger partial charge in [-0.3, -0.25) is 10.0 Å². The van der Waals surface area contributed by atoms with Gasteiger partial charge in [-0.25, -0.2) is 0 Å². The molecule has 0 saturated heterocycles. The van der Waals surface area contributed by atoms with E-state index < -0.39 is 0 Å². The van der Waals surface area contributed by atoms with Crippen LogP contribution in [0, 0.1) is 0 Å². The lowest BCUT2D eigenvalue weighted by molar-refractivity contribution is 0.505. The first-order valence-electron chi connectivity index (χ1n) is 8.80. The number of nitrogens with zero attached hydrogens (tertiary/aromatic N) is 2. The molecule has 0 fully saturated rings. The van der Waals surface area contributed by atoms with Crippen molar-refractivity contribution in [1.82, 2.24) is 5.01 Å². The van der Waals surface area contributed by atoms with Gasteiger partial charge in [0, 0.05) is 29.7 Å². The summed E-state index contributed by atoms with van der Waals surface area (Å²) >= 11 is 0. The Kier molecular flexibility index (Phi) is 3.46. The number of hydrazine groups is 1. The minimum absolute atomic E-state index is 1.21. The smallest absolute Gasteiger partial charge is 0.0786 e. The van der Waals surface area contributed by atoms with E-state index in [9.17, 15) is 0 Å². The second kappa shape index (κ2) is 6.08. The molecule has 2 aliphatic heterocycles. The zero-order chi connectivity index (χ0) is 17.3. The first-order valence-corrected chi connectivity index (χ1v) is 8.80. The van der Waals surface area contributed by atoms with Crippen molar-refractivity contribution in [2.24, 2.45) is 0 Å². The first-order chi connectivity index (χ1) is 12.9. The maximum atomic E-state index is 2.24. The summed E-state index contributed by atoms with van der Waals surface area (Å²) in [5, 5.41) is 4.33. The zero-order valence-electron chi connectivity index (χ0n) is 14.3. The largest absolute Gasteiger partial charge is 0.264 e. The van der Waals surface area contributed by atoms with Crippen molar-refractivity contribution in [2.45, 2.75) is 0 Å². The van der Waals surface area contributed by atoms with E-state index in [0.29, 0.717) is 0 Å². The topological polar surface area (TPSA) is 6.48 Å². The Balaban J connectivity index is 1.83. The summed E-state index contributed by atoms with van der Waals surface area (Å²) in [5.74, 6) is 0. The predicted octanol–water partition coefficient (Wildman–Crippen LogP) is 6.07. The van der Waals surface area contributed by atoms with E-state index in [1.165, 1.54) is 33.5 Å². The van der Waals surface area contributed by atoms with Crippen molar-refractivity contribution in [2.75, 3.05) is 5.01 Å². The van der Waals surface area contributed by atoms with Crippen LogP contribution in [-0.4, -0.2) is 5.01 Å². The average molecular weight is 334 g/mol. The van der Waals surface area contributed by atoms with Gasteiger partial charge in [0.2, 0.25) is 0 Å². The summed E-state index contributed by atoms with van der Waals surface area (Å²) in [4.78, 5) is 0. The van der Waals surface area contributed by atoms with Crippen molar-refractivity contribution in [1.29, 1.82) is 0 Å². The highest BCUT2D eigenvalue weighted by Gasteiger charge is 2.24. The second-order valence-electron chi connectivity index (χ2n) is 6.38. The fraction of sp³-hybridized carbons (Fsp3) is 0. The Labute approximate surface area is 153 Å². The first kappa shape index (κ1) is 14.8. The summed E-state index contributed by atoms with van der Waals surface area (Å²) in [5.41, 5.74) is 7.38. The van der Waals surface area contributed by atoms with Gasteiger partial charge in [-0.1, -0.05) is 72.8 Å². The standard InChI is InChI=1S/C24H18N2/c1-3-9-19(10-4-1)22-14-13-21-15-18-25-16-7-8-17-26(25)24(21)23(22)20-11-5-2-6-12-20/h1-18H. The fourth-order valence-corrected chi connectivity index (χ4v) is 3.63. The molecule has 124 valence electrons. The molecule has 26 heavy (non-hydrogen) atoms. The fourth-order valence-electron chi connectivity index (χ4n) is 3.63. The Hall–Kier alpha value is -3.52. The second-order valence-corrected chi connectivity index (χ2v) is 6.38. The highest BCUT2D eigenvalue weighted by Crippen LogP contribution is 2.44. The van der Waals surface area contributed by atoms with Gasteiger partial charge in [0.15, 0.2) is 0 Å². The minimum atomic E-state index is 1.21.